The molecule has 0 bridgehead atoms. The maximum atomic E-state index is 12.2. The second kappa shape index (κ2) is 4.51. The highest BCUT2D eigenvalue weighted by Gasteiger charge is 2.33. The maximum Gasteiger partial charge on any atom is 0.271 e. The van der Waals surface area contributed by atoms with Crippen molar-refractivity contribution in [3.63, 3.8) is 0 Å². The van der Waals surface area contributed by atoms with Crippen molar-refractivity contribution in [3.05, 3.63) is 39.6 Å². The van der Waals surface area contributed by atoms with Crippen LogP contribution < -0.4 is 5.32 Å². The minimum atomic E-state index is -0.456. The van der Waals surface area contributed by atoms with Crippen LogP contribution in [0.3, 0.4) is 0 Å². The first kappa shape index (κ1) is 13.5. The molecule has 1 aliphatic carbocycles. The van der Waals surface area contributed by atoms with Crippen LogP contribution in [0.25, 0.3) is 0 Å². The minimum absolute atomic E-state index is 0.0146. The van der Waals surface area contributed by atoms with Crippen LogP contribution in [0.1, 0.15) is 26.7 Å². The highest BCUT2D eigenvalue weighted by atomic mass is 16.6. The lowest BCUT2D eigenvalue weighted by atomic mass is 9.76. The molecule has 1 aromatic rings. The Morgan fingerprint density at radius 1 is 1.33 bits per heavy atom. The summed E-state index contributed by atoms with van der Waals surface area (Å²) in [6.07, 6.45) is 2.75. The first-order valence-electron chi connectivity index (χ1n) is 6.72. The van der Waals surface area contributed by atoms with Gasteiger partial charge in [0.15, 0.2) is 5.78 Å². The fourth-order valence-corrected chi connectivity index (χ4v) is 2.74. The van der Waals surface area contributed by atoms with Gasteiger partial charge in [-0.25, -0.2) is 0 Å². The third-order valence-electron chi connectivity index (χ3n) is 3.73. The number of anilines is 1. The Balaban J connectivity index is 2.04. The lowest BCUT2D eigenvalue weighted by molar-refractivity contribution is -0.384. The van der Waals surface area contributed by atoms with E-state index >= 15 is 0 Å². The average molecular weight is 285 g/mol. The molecule has 0 saturated heterocycles. The number of rotatable bonds is 1. The molecular weight excluding hydrogens is 270 g/mol. The van der Waals surface area contributed by atoms with E-state index in [2.05, 4.69) is 24.2 Å². The van der Waals surface area contributed by atoms with Gasteiger partial charge in [-0.05, 0) is 17.9 Å². The number of Topliss-reactive ketones (excluding diaryl/α,β-unsaturated/α-hetero) is 1. The molecule has 6 heteroatoms. The Morgan fingerprint density at radius 2 is 2.10 bits per heavy atom. The number of carbonyl (C=O) groups excluding carboxylic acids is 1. The summed E-state index contributed by atoms with van der Waals surface area (Å²) in [6.45, 7) is 4.10. The SMILES string of the molecule is CC1(C)CC(=O)C2=C(C1)Nc1ccc([N+](=O)[O-])cc1N=C2. The molecule has 1 N–H and O–H groups in total. The van der Waals surface area contributed by atoms with Crippen molar-refractivity contribution in [2.24, 2.45) is 10.4 Å². The molecule has 6 nitrogen and oxygen atoms in total. The molecule has 0 unspecified atom stereocenters. The zero-order valence-corrected chi connectivity index (χ0v) is 11.8. The number of nitro benzene ring substituents is 1. The van der Waals surface area contributed by atoms with Crippen LogP contribution in [0.4, 0.5) is 17.1 Å². The number of benzene rings is 1. The van der Waals surface area contributed by atoms with Gasteiger partial charge < -0.3 is 5.32 Å². The highest BCUT2D eigenvalue weighted by molar-refractivity contribution is 6.16. The van der Waals surface area contributed by atoms with Gasteiger partial charge in [-0.2, -0.15) is 0 Å². The maximum absolute atomic E-state index is 12.2. The third-order valence-corrected chi connectivity index (χ3v) is 3.73. The summed E-state index contributed by atoms with van der Waals surface area (Å²) < 4.78 is 0. The molecule has 0 radical (unpaired) electrons. The van der Waals surface area contributed by atoms with Crippen molar-refractivity contribution in [3.8, 4) is 0 Å². The predicted octanol–water partition coefficient (Wildman–Crippen LogP) is 3.37. The van der Waals surface area contributed by atoms with Gasteiger partial charge in [-0.15, -0.1) is 0 Å². The number of fused-ring (bicyclic) bond motifs is 1. The number of nitrogens with one attached hydrogen (secondary N) is 1. The van der Waals surface area contributed by atoms with Gasteiger partial charge in [-0.3, -0.25) is 19.9 Å². The quantitative estimate of drug-likeness (QED) is 0.633. The molecule has 108 valence electrons. The molecule has 1 aromatic carbocycles. The van der Waals surface area contributed by atoms with Crippen LogP contribution in [-0.2, 0) is 4.79 Å². The molecule has 1 aliphatic heterocycles. The zero-order chi connectivity index (χ0) is 15.2. The van der Waals surface area contributed by atoms with E-state index in [9.17, 15) is 14.9 Å². The largest absolute Gasteiger partial charge is 0.356 e. The number of hydrogen-bond acceptors (Lipinski definition) is 5. The molecule has 3 rings (SSSR count). The number of hydrogen-bond donors (Lipinski definition) is 1. The van der Waals surface area contributed by atoms with Crippen molar-refractivity contribution < 1.29 is 9.72 Å². The van der Waals surface area contributed by atoms with Crippen LogP contribution in [0.2, 0.25) is 0 Å². The molecule has 0 saturated carbocycles. The van der Waals surface area contributed by atoms with E-state index in [0.717, 1.165) is 12.1 Å². The molecule has 2 aliphatic rings. The normalized spacial score (nSPS) is 19.4. The lowest BCUT2D eigenvalue weighted by Gasteiger charge is -2.31. The number of nitrogens with zero attached hydrogens (tertiary/aromatic N) is 2. The third kappa shape index (κ3) is 2.44. The van der Waals surface area contributed by atoms with Crippen LogP contribution >= 0.6 is 0 Å². The second-order valence-electron chi connectivity index (χ2n) is 6.17. The molecule has 21 heavy (non-hydrogen) atoms. The smallest absolute Gasteiger partial charge is 0.271 e. The predicted molar refractivity (Wildman–Crippen MR) is 79.9 cm³/mol. The van der Waals surface area contributed by atoms with Gasteiger partial charge in [0, 0.05) is 30.5 Å². The molecule has 0 atom stereocenters. The fraction of sp³-hybridized carbons (Fsp3) is 0.333. The van der Waals surface area contributed by atoms with E-state index in [4.69, 9.17) is 0 Å². The average Bonchev–Trinajstić information content (AvgIpc) is 2.55. The number of non-ortho nitro benzene ring substituents is 1. The van der Waals surface area contributed by atoms with E-state index in [-0.39, 0.29) is 16.9 Å². The van der Waals surface area contributed by atoms with E-state index < -0.39 is 4.92 Å². The summed E-state index contributed by atoms with van der Waals surface area (Å²) in [4.78, 5) is 26.8. The van der Waals surface area contributed by atoms with Crippen molar-refractivity contribution in [1.82, 2.24) is 0 Å². The summed E-state index contributed by atoms with van der Waals surface area (Å²) in [7, 11) is 0. The number of nitro groups is 1. The Labute approximate surface area is 121 Å². The first-order chi connectivity index (χ1) is 9.85. The molecule has 0 fully saturated rings. The minimum Gasteiger partial charge on any atom is -0.356 e. The number of aliphatic imine (C=N–C) groups is 1. The topological polar surface area (TPSA) is 84.6 Å². The second-order valence-corrected chi connectivity index (χ2v) is 6.17. The van der Waals surface area contributed by atoms with Gasteiger partial charge in [-0.1, -0.05) is 13.8 Å². The van der Waals surface area contributed by atoms with Gasteiger partial charge in [0.1, 0.15) is 0 Å². The van der Waals surface area contributed by atoms with Crippen molar-refractivity contribution in [2.45, 2.75) is 26.7 Å². The summed E-state index contributed by atoms with van der Waals surface area (Å²) in [5.74, 6) is 0.0554. The Morgan fingerprint density at radius 3 is 2.81 bits per heavy atom. The van der Waals surface area contributed by atoms with Crippen LogP contribution in [0.15, 0.2) is 34.5 Å². The standard InChI is InChI=1S/C15H15N3O3/c1-15(2)6-13-10(14(19)7-15)8-16-12-5-9(18(20)21)3-4-11(12)17-13/h3-5,8,17H,6-7H2,1-2H3. The van der Waals surface area contributed by atoms with E-state index in [1.165, 1.54) is 18.3 Å². The van der Waals surface area contributed by atoms with Crippen LogP contribution in [0, 0.1) is 15.5 Å². The summed E-state index contributed by atoms with van der Waals surface area (Å²) >= 11 is 0. The fourth-order valence-electron chi connectivity index (χ4n) is 2.74. The van der Waals surface area contributed by atoms with Gasteiger partial charge in [0.25, 0.3) is 5.69 Å². The van der Waals surface area contributed by atoms with Crippen LogP contribution in [-0.4, -0.2) is 16.9 Å². The van der Waals surface area contributed by atoms with Gasteiger partial charge in [0.2, 0.25) is 0 Å². The lowest BCUT2D eigenvalue weighted by Crippen LogP contribution is -2.28. The zero-order valence-electron chi connectivity index (χ0n) is 11.8. The highest BCUT2D eigenvalue weighted by Crippen LogP contribution is 2.40. The number of carbonyl (C=O) groups is 1. The Kier molecular flexibility index (Phi) is 2.90. The van der Waals surface area contributed by atoms with Gasteiger partial charge >= 0.3 is 0 Å². The van der Waals surface area contributed by atoms with Crippen molar-refractivity contribution >= 4 is 29.1 Å². The molecule has 0 aromatic heterocycles. The monoisotopic (exact) mass is 285 g/mol. The Bertz CT molecular complexity index is 717. The summed E-state index contributed by atoms with van der Waals surface area (Å²) in [5, 5.41) is 14.1. The van der Waals surface area contributed by atoms with Gasteiger partial charge in [0.05, 0.1) is 21.9 Å². The van der Waals surface area contributed by atoms with E-state index in [0.29, 0.717) is 23.4 Å². The number of allylic oxidation sites excluding steroid dienone is 2. The van der Waals surface area contributed by atoms with E-state index in [1.807, 2.05) is 0 Å². The molecule has 0 amide bonds. The van der Waals surface area contributed by atoms with E-state index in [1.54, 1.807) is 6.07 Å². The van der Waals surface area contributed by atoms with Crippen molar-refractivity contribution in [2.75, 3.05) is 5.32 Å². The van der Waals surface area contributed by atoms with Crippen molar-refractivity contribution in [1.29, 1.82) is 0 Å². The summed E-state index contributed by atoms with van der Waals surface area (Å²) in [6, 6.07) is 4.47. The Hall–Kier alpha value is -2.50. The summed E-state index contributed by atoms with van der Waals surface area (Å²) in [5.41, 5.74) is 2.47. The number of ketones is 1. The first-order valence-corrected chi connectivity index (χ1v) is 6.72. The molecule has 0 spiro atoms. The van der Waals surface area contributed by atoms with Crippen LogP contribution in [0.5, 0.6) is 0 Å². The molecular formula is C15H15N3O3. The molecule has 1 heterocycles.